The third-order valence-electron chi connectivity index (χ3n) is 1.18. The lowest BCUT2D eigenvalue weighted by Gasteiger charge is -2.05. The molecule has 0 unspecified atom stereocenters. The van der Waals surface area contributed by atoms with Gasteiger partial charge in [-0.15, -0.1) is 0 Å². The molecule has 0 aromatic carbocycles. The molecule has 0 saturated heterocycles. The molecule has 1 rings (SSSR count). The zero-order valence-corrected chi connectivity index (χ0v) is 9.55. The average molecular weight is 315 g/mol. The second kappa shape index (κ2) is 3.21. The number of rotatable bonds is 1. The van der Waals surface area contributed by atoms with E-state index >= 15 is 0 Å². The highest BCUT2D eigenvalue weighted by Gasteiger charge is 2.06. The van der Waals surface area contributed by atoms with E-state index in [9.17, 15) is 0 Å². The van der Waals surface area contributed by atoms with E-state index in [1.54, 1.807) is 0 Å². The van der Waals surface area contributed by atoms with Crippen LogP contribution in [0.5, 0.6) is 0 Å². The normalized spacial score (nSPS) is 10.9. The van der Waals surface area contributed by atoms with Crippen LogP contribution in [0.4, 0.5) is 0 Å². The lowest BCUT2D eigenvalue weighted by atomic mass is 10.4. The van der Waals surface area contributed by atoms with Crippen molar-refractivity contribution in [3.63, 3.8) is 0 Å². The molecule has 0 bridgehead atoms. The van der Waals surface area contributed by atoms with Crippen LogP contribution in [-0.2, 0) is 0 Å². The first-order valence-corrected chi connectivity index (χ1v) is 4.88. The van der Waals surface area contributed by atoms with Crippen LogP contribution < -0.4 is 0 Å². The number of hydrogen-bond donors (Lipinski definition) is 0. The van der Waals surface area contributed by atoms with Crippen molar-refractivity contribution in [1.29, 1.82) is 0 Å². The zero-order valence-electron chi connectivity index (χ0n) is 5.81. The highest BCUT2D eigenvalue weighted by molar-refractivity contribution is 14.1. The number of aromatic nitrogens is 2. The van der Waals surface area contributed by atoms with Crippen molar-refractivity contribution in [2.45, 2.75) is 19.9 Å². The summed E-state index contributed by atoms with van der Waals surface area (Å²) < 4.78 is 4.21. The summed E-state index contributed by atoms with van der Waals surface area (Å²) in [7, 11) is 0. The molecule has 1 heterocycles. The minimum atomic E-state index is 0.443. The van der Waals surface area contributed by atoms with Gasteiger partial charge in [-0.25, -0.2) is 0 Å². The van der Waals surface area contributed by atoms with Crippen molar-refractivity contribution in [1.82, 2.24) is 9.78 Å². The maximum absolute atomic E-state index is 4.18. The van der Waals surface area contributed by atoms with E-state index in [-0.39, 0.29) is 0 Å². The first-order chi connectivity index (χ1) is 4.63. The van der Waals surface area contributed by atoms with E-state index in [4.69, 9.17) is 0 Å². The molecule has 0 saturated carbocycles. The van der Waals surface area contributed by atoms with Crippen LogP contribution in [0.15, 0.2) is 10.7 Å². The van der Waals surface area contributed by atoms with Gasteiger partial charge in [-0.2, -0.15) is 5.10 Å². The second-order valence-electron chi connectivity index (χ2n) is 2.32. The third-order valence-corrected chi connectivity index (χ3v) is 3.58. The van der Waals surface area contributed by atoms with Crippen LogP contribution in [0.3, 0.4) is 0 Å². The minimum Gasteiger partial charge on any atom is -0.256 e. The Morgan fingerprint density at radius 2 is 2.30 bits per heavy atom. The van der Waals surface area contributed by atoms with Gasteiger partial charge in [0, 0.05) is 6.04 Å². The van der Waals surface area contributed by atoms with Crippen LogP contribution in [-0.4, -0.2) is 9.78 Å². The summed E-state index contributed by atoms with van der Waals surface area (Å²) in [5.74, 6) is 0. The Hall–Kier alpha value is 0.420. The molecule has 0 atom stereocenters. The fourth-order valence-electron chi connectivity index (χ4n) is 0.686. The Bertz CT molecular complexity index is 232. The summed E-state index contributed by atoms with van der Waals surface area (Å²) in [4.78, 5) is 0. The smallest absolute Gasteiger partial charge is 0.113 e. The fourth-order valence-corrected chi connectivity index (χ4v) is 1.78. The van der Waals surface area contributed by atoms with E-state index in [2.05, 4.69) is 57.5 Å². The lowest BCUT2D eigenvalue weighted by molar-refractivity contribution is 0.520. The standard InChI is InChI=1S/C6H8BrIN2/c1-4(2)10-6(8)5(7)3-9-10/h3-4H,1-2H3. The van der Waals surface area contributed by atoms with Gasteiger partial charge < -0.3 is 0 Å². The highest BCUT2D eigenvalue weighted by atomic mass is 127. The highest BCUT2D eigenvalue weighted by Crippen LogP contribution is 2.20. The molecular formula is C6H8BrIN2. The van der Waals surface area contributed by atoms with Crippen LogP contribution in [0.25, 0.3) is 0 Å². The van der Waals surface area contributed by atoms with E-state index in [1.807, 2.05) is 10.9 Å². The summed E-state index contributed by atoms with van der Waals surface area (Å²) >= 11 is 5.66. The Morgan fingerprint density at radius 3 is 2.50 bits per heavy atom. The molecule has 56 valence electrons. The van der Waals surface area contributed by atoms with Crippen LogP contribution >= 0.6 is 38.5 Å². The van der Waals surface area contributed by atoms with Crippen LogP contribution in [0.2, 0.25) is 0 Å². The molecule has 4 heteroatoms. The Labute approximate surface area is 82.3 Å². The molecule has 10 heavy (non-hydrogen) atoms. The second-order valence-corrected chi connectivity index (χ2v) is 4.20. The summed E-state index contributed by atoms with van der Waals surface area (Å²) in [5.41, 5.74) is 0. The van der Waals surface area contributed by atoms with Crippen molar-refractivity contribution in [2.24, 2.45) is 0 Å². The molecule has 0 aliphatic heterocycles. The third kappa shape index (κ3) is 1.53. The number of halogens is 2. The van der Waals surface area contributed by atoms with E-state index < -0.39 is 0 Å². The average Bonchev–Trinajstić information content (AvgIpc) is 2.14. The summed E-state index contributed by atoms with van der Waals surface area (Å²) in [6.45, 7) is 4.23. The van der Waals surface area contributed by atoms with Crippen molar-refractivity contribution in [2.75, 3.05) is 0 Å². The van der Waals surface area contributed by atoms with Gasteiger partial charge in [0.2, 0.25) is 0 Å². The molecule has 0 N–H and O–H groups in total. The SMILES string of the molecule is CC(C)n1ncc(Br)c1I. The molecule has 0 aliphatic carbocycles. The molecule has 0 radical (unpaired) electrons. The Morgan fingerprint density at radius 1 is 1.70 bits per heavy atom. The molecule has 0 aliphatic rings. The fraction of sp³-hybridized carbons (Fsp3) is 0.500. The summed E-state index contributed by atoms with van der Waals surface area (Å²) in [5, 5.41) is 4.18. The van der Waals surface area contributed by atoms with Gasteiger partial charge in [0.05, 0.1) is 10.7 Å². The van der Waals surface area contributed by atoms with Crippen LogP contribution in [0.1, 0.15) is 19.9 Å². The first kappa shape index (κ1) is 8.52. The number of hydrogen-bond acceptors (Lipinski definition) is 1. The predicted molar refractivity (Wildman–Crippen MR) is 53.0 cm³/mol. The van der Waals surface area contributed by atoms with Gasteiger partial charge in [-0.1, -0.05) is 0 Å². The molecule has 1 aromatic heterocycles. The predicted octanol–water partition coefficient (Wildman–Crippen LogP) is 2.83. The van der Waals surface area contributed by atoms with Gasteiger partial charge in [0.15, 0.2) is 0 Å². The summed E-state index contributed by atoms with van der Waals surface area (Å²) in [6, 6.07) is 0.443. The van der Waals surface area contributed by atoms with E-state index in [1.165, 1.54) is 0 Å². The molecule has 1 aromatic rings. The molecule has 0 fully saturated rings. The van der Waals surface area contributed by atoms with Gasteiger partial charge >= 0.3 is 0 Å². The Kier molecular flexibility index (Phi) is 2.74. The van der Waals surface area contributed by atoms with Crippen molar-refractivity contribution in [3.05, 3.63) is 14.4 Å². The van der Waals surface area contributed by atoms with E-state index in [0.717, 1.165) is 8.17 Å². The zero-order chi connectivity index (χ0) is 7.72. The quantitative estimate of drug-likeness (QED) is 0.729. The van der Waals surface area contributed by atoms with Gasteiger partial charge in [-0.05, 0) is 52.4 Å². The number of nitrogens with zero attached hydrogens (tertiary/aromatic N) is 2. The Balaban J connectivity index is 3.05. The largest absolute Gasteiger partial charge is 0.256 e. The minimum absolute atomic E-state index is 0.443. The van der Waals surface area contributed by atoms with Crippen molar-refractivity contribution in [3.8, 4) is 0 Å². The maximum atomic E-state index is 4.18. The van der Waals surface area contributed by atoms with Gasteiger partial charge in [0.25, 0.3) is 0 Å². The molecular weight excluding hydrogens is 307 g/mol. The molecule has 0 amide bonds. The van der Waals surface area contributed by atoms with Crippen molar-refractivity contribution < 1.29 is 0 Å². The lowest BCUT2D eigenvalue weighted by Crippen LogP contribution is -2.04. The molecule has 2 nitrogen and oxygen atoms in total. The van der Waals surface area contributed by atoms with E-state index in [0.29, 0.717) is 6.04 Å². The van der Waals surface area contributed by atoms with Crippen LogP contribution in [0, 0.1) is 3.70 Å². The van der Waals surface area contributed by atoms with Gasteiger partial charge in [0.1, 0.15) is 3.70 Å². The topological polar surface area (TPSA) is 17.8 Å². The first-order valence-electron chi connectivity index (χ1n) is 3.01. The van der Waals surface area contributed by atoms with Crippen molar-refractivity contribution >= 4 is 38.5 Å². The maximum Gasteiger partial charge on any atom is 0.113 e. The monoisotopic (exact) mass is 314 g/mol. The summed E-state index contributed by atoms with van der Waals surface area (Å²) in [6.07, 6.45) is 1.82. The molecule has 0 spiro atoms. The van der Waals surface area contributed by atoms with Gasteiger partial charge in [-0.3, -0.25) is 4.68 Å².